The molecule has 0 saturated heterocycles. The minimum Gasteiger partial charge on any atom is -0.478 e. The first-order valence-corrected chi connectivity index (χ1v) is 5.13. The molecule has 0 saturated carbocycles. The lowest BCUT2D eigenvalue weighted by Gasteiger charge is -2.19. The lowest BCUT2D eigenvalue weighted by molar-refractivity contribution is -0.267. The predicted octanol–water partition coefficient (Wildman–Crippen LogP) is 3.17. The maximum atomic E-state index is 12.7. The normalized spacial score (nSPS) is 12.1. The third-order valence-electron chi connectivity index (χ3n) is 2.10. The molecule has 1 aromatic carbocycles. The number of hydrogen-bond acceptors (Lipinski definition) is 2. The van der Waals surface area contributed by atoms with Gasteiger partial charge in [0, 0.05) is 0 Å². The number of rotatable bonds is 3. The van der Waals surface area contributed by atoms with Crippen LogP contribution in [0.3, 0.4) is 0 Å². The van der Waals surface area contributed by atoms with E-state index >= 15 is 0 Å². The van der Waals surface area contributed by atoms with Crippen LogP contribution in [-0.4, -0.2) is 29.1 Å². The molecule has 0 fully saturated rings. The van der Waals surface area contributed by atoms with Gasteiger partial charge in [-0.15, -0.1) is 0 Å². The van der Waals surface area contributed by atoms with Crippen molar-refractivity contribution in [2.24, 2.45) is 0 Å². The summed E-state index contributed by atoms with van der Waals surface area (Å²) in [4.78, 5) is 21.5. The van der Waals surface area contributed by atoms with Crippen molar-refractivity contribution in [3.8, 4) is 0 Å². The number of hydrogen-bond donors (Lipinski definition) is 2. The molecule has 0 aliphatic heterocycles. The molecule has 4 nitrogen and oxygen atoms in total. The van der Waals surface area contributed by atoms with Crippen LogP contribution in [0.25, 0.3) is 0 Å². The Balaban J connectivity index is 3.08. The highest BCUT2D eigenvalue weighted by atomic mass is 35.5. The van der Waals surface area contributed by atoms with Gasteiger partial charge >= 0.3 is 24.0 Å². The van der Waals surface area contributed by atoms with Gasteiger partial charge in [0.1, 0.15) is 0 Å². The average Bonchev–Trinajstić information content (AvgIpc) is 2.29. The Kier molecular flexibility index (Phi) is 4.23. The van der Waals surface area contributed by atoms with Crippen molar-refractivity contribution in [2.45, 2.75) is 12.1 Å². The molecule has 0 aliphatic rings. The lowest BCUT2D eigenvalue weighted by Crippen LogP contribution is -2.47. The third-order valence-corrected chi connectivity index (χ3v) is 2.43. The smallest absolute Gasteiger partial charge is 0.463 e. The first-order valence-electron chi connectivity index (χ1n) is 4.75. The van der Waals surface area contributed by atoms with E-state index in [0.29, 0.717) is 6.07 Å². The molecule has 0 heterocycles. The van der Waals surface area contributed by atoms with E-state index in [9.17, 15) is 31.5 Å². The number of carboxylic acids is 1. The number of benzene rings is 1. The second-order valence-corrected chi connectivity index (χ2v) is 3.93. The largest absolute Gasteiger partial charge is 0.478 e. The molecular formula is C10H5ClF5NO3. The van der Waals surface area contributed by atoms with Gasteiger partial charge in [0.25, 0.3) is 0 Å². The quantitative estimate of drug-likeness (QED) is 0.841. The first-order chi connectivity index (χ1) is 8.96. The summed E-state index contributed by atoms with van der Waals surface area (Å²) < 4.78 is 61.3. The van der Waals surface area contributed by atoms with E-state index in [0.717, 1.165) is 12.1 Å². The van der Waals surface area contributed by atoms with Crippen molar-refractivity contribution in [1.29, 1.82) is 0 Å². The summed E-state index contributed by atoms with van der Waals surface area (Å²) >= 11 is 5.48. The van der Waals surface area contributed by atoms with Crippen LogP contribution in [0.2, 0.25) is 5.02 Å². The molecule has 0 atom stereocenters. The maximum Gasteiger partial charge on any atom is 0.463 e. The van der Waals surface area contributed by atoms with Crippen LogP contribution in [0.15, 0.2) is 18.2 Å². The molecular weight excluding hydrogens is 313 g/mol. The summed E-state index contributed by atoms with van der Waals surface area (Å²) in [5, 5.41) is 9.50. The van der Waals surface area contributed by atoms with Crippen LogP contribution in [0, 0.1) is 0 Å². The van der Waals surface area contributed by atoms with Crippen LogP contribution in [0.5, 0.6) is 0 Å². The Labute approximate surface area is 113 Å². The Morgan fingerprint density at radius 1 is 1.15 bits per heavy atom. The second-order valence-electron chi connectivity index (χ2n) is 3.53. The van der Waals surface area contributed by atoms with Gasteiger partial charge in [0.15, 0.2) is 0 Å². The molecule has 1 amide bonds. The molecule has 10 heteroatoms. The molecule has 0 bridgehead atoms. The van der Waals surface area contributed by atoms with Gasteiger partial charge in [-0.3, -0.25) is 4.79 Å². The number of halogens is 6. The van der Waals surface area contributed by atoms with Crippen molar-refractivity contribution >= 4 is 29.2 Å². The molecule has 2 N–H and O–H groups in total. The Morgan fingerprint density at radius 2 is 1.70 bits per heavy atom. The summed E-state index contributed by atoms with van der Waals surface area (Å²) in [5.41, 5.74) is -1.11. The zero-order valence-electron chi connectivity index (χ0n) is 9.26. The number of aromatic carboxylic acids is 1. The molecule has 1 aromatic rings. The predicted molar refractivity (Wildman–Crippen MR) is 58.0 cm³/mol. The number of carbonyl (C=O) groups excluding carboxylic acids is 1. The lowest BCUT2D eigenvalue weighted by atomic mass is 10.2. The van der Waals surface area contributed by atoms with Gasteiger partial charge in [-0.2, -0.15) is 22.0 Å². The molecule has 0 radical (unpaired) electrons. The van der Waals surface area contributed by atoms with E-state index in [4.69, 9.17) is 16.7 Å². The monoisotopic (exact) mass is 317 g/mol. The SMILES string of the molecule is O=C(O)c1ccc(Cl)c(NC(=O)C(F)(F)C(F)(F)F)c1. The Morgan fingerprint density at radius 3 is 2.15 bits per heavy atom. The van der Waals surface area contributed by atoms with Gasteiger partial charge < -0.3 is 10.4 Å². The Bertz CT molecular complexity index is 558. The van der Waals surface area contributed by atoms with E-state index in [1.807, 2.05) is 0 Å². The Hall–Kier alpha value is -1.90. The van der Waals surface area contributed by atoms with Crippen LogP contribution < -0.4 is 5.32 Å². The van der Waals surface area contributed by atoms with Crippen molar-refractivity contribution in [3.05, 3.63) is 28.8 Å². The van der Waals surface area contributed by atoms with Crippen LogP contribution in [-0.2, 0) is 4.79 Å². The van der Waals surface area contributed by atoms with Gasteiger partial charge in [-0.05, 0) is 18.2 Å². The van der Waals surface area contributed by atoms with Crippen molar-refractivity contribution < 1.29 is 36.6 Å². The van der Waals surface area contributed by atoms with E-state index in [2.05, 4.69) is 0 Å². The van der Waals surface area contributed by atoms with Gasteiger partial charge in [-0.1, -0.05) is 11.6 Å². The summed E-state index contributed by atoms with van der Waals surface area (Å²) in [6.07, 6.45) is -6.08. The maximum absolute atomic E-state index is 12.7. The first kappa shape index (κ1) is 16.2. The van der Waals surface area contributed by atoms with Crippen LogP contribution in [0.4, 0.5) is 27.6 Å². The zero-order chi connectivity index (χ0) is 15.7. The summed E-state index contributed by atoms with van der Waals surface area (Å²) in [6.45, 7) is 0. The van der Waals surface area contributed by atoms with E-state index in [1.165, 1.54) is 5.32 Å². The van der Waals surface area contributed by atoms with Gasteiger partial charge in [-0.25, -0.2) is 4.79 Å². The molecule has 0 unspecified atom stereocenters. The number of anilines is 1. The highest BCUT2D eigenvalue weighted by molar-refractivity contribution is 6.34. The topological polar surface area (TPSA) is 66.4 Å². The number of nitrogens with one attached hydrogen (secondary N) is 1. The minimum atomic E-state index is -6.08. The highest BCUT2D eigenvalue weighted by Gasteiger charge is 2.63. The minimum absolute atomic E-state index is 0.388. The molecule has 1 rings (SSSR count). The second kappa shape index (κ2) is 5.23. The molecule has 110 valence electrons. The molecule has 20 heavy (non-hydrogen) atoms. The average molecular weight is 318 g/mol. The number of amides is 1. The fourth-order valence-corrected chi connectivity index (χ4v) is 1.25. The zero-order valence-corrected chi connectivity index (χ0v) is 10.0. The van der Waals surface area contributed by atoms with Crippen molar-refractivity contribution in [3.63, 3.8) is 0 Å². The summed E-state index contributed by atoms with van der Waals surface area (Å²) in [6, 6.07) is 2.59. The highest BCUT2D eigenvalue weighted by Crippen LogP contribution is 2.37. The number of carbonyl (C=O) groups is 2. The third kappa shape index (κ3) is 3.16. The van der Waals surface area contributed by atoms with Crippen LogP contribution >= 0.6 is 11.6 Å². The number of alkyl halides is 5. The fourth-order valence-electron chi connectivity index (χ4n) is 1.08. The standard InChI is InChI=1S/C10H5ClF5NO3/c11-5-2-1-4(7(18)19)3-6(5)17-8(20)9(12,13)10(14,15)16/h1-3H,(H,17,20)(H,18,19). The van der Waals surface area contributed by atoms with E-state index in [1.54, 1.807) is 0 Å². The van der Waals surface area contributed by atoms with Crippen molar-refractivity contribution in [2.75, 3.05) is 5.32 Å². The molecule has 0 spiro atoms. The summed E-state index contributed by atoms with van der Waals surface area (Å²) in [5.74, 6) is -9.76. The van der Waals surface area contributed by atoms with Gasteiger partial charge in [0.2, 0.25) is 0 Å². The van der Waals surface area contributed by atoms with Crippen LogP contribution in [0.1, 0.15) is 10.4 Å². The van der Waals surface area contributed by atoms with E-state index in [-0.39, 0.29) is 5.02 Å². The van der Waals surface area contributed by atoms with Gasteiger partial charge in [0.05, 0.1) is 16.3 Å². The van der Waals surface area contributed by atoms with E-state index < -0.39 is 35.2 Å². The molecule has 0 aliphatic carbocycles. The van der Waals surface area contributed by atoms with Crippen molar-refractivity contribution in [1.82, 2.24) is 0 Å². The number of carboxylic acid groups (broad SMARTS) is 1. The molecule has 0 aromatic heterocycles. The fraction of sp³-hybridized carbons (Fsp3) is 0.200. The summed E-state index contributed by atoms with van der Waals surface area (Å²) in [7, 11) is 0.